The molecule has 0 heterocycles. The van der Waals surface area contributed by atoms with E-state index in [-0.39, 0.29) is 22.7 Å². The molecule has 82 valence electrons. The second-order valence-corrected chi connectivity index (χ2v) is 3.15. The van der Waals surface area contributed by atoms with Crippen molar-refractivity contribution >= 4 is 12.1 Å². The van der Waals surface area contributed by atoms with E-state index in [1.807, 2.05) is 6.07 Å². The number of carbonyl (C=O) groups is 2. The van der Waals surface area contributed by atoms with Crippen LogP contribution in [0.2, 0.25) is 0 Å². The zero-order chi connectivity index (χ0) is 12.1. The van der Waals surface area contributed by atoms with Crippen molar-refractivity contribution < 1.29 is 14.3 Å². The number of ketones is 1. The topological polar surface area (TPSA) is 67.2 Å². The molecule has 0 radical (unpaired) electrons. The van der Waals surface area contributed by atoms with Gasteiger partial charge in [0.2, 0.25) is 0 Å². The number of benzene rings is 1. The van der Waals surface area contributed by atoms with E-state index in [4.69, 9.17) is 10.00 Å². The Balaban J connectivity index is 3.44. The Bertz CT molecular complexity index is 472. The van der Waals surface area contributed by atoms with Gasteiger partial charge in [-0.1, -0.05) is 0 Å². The van der Waals surface area contributed by atoms with Gasteiger partial charge < -0.3 is 4.74 Å². The zero-order valence-electron chi connectivity index (χ0n) is 9.11. The molecule has 0 aromatic heterocycles. The summed E-state index contributed by atoms with van der Waals surface area (Å²) in [6.07, 6.45) is 0.563. The van der Waals surface area contributed by atoms with E-state index in [9.17, 15) is 9.59 Å². The SMILES string of the molecule is CCOc1cc(C(C)=O)cc(C#N)c1C=O. The first-order chi connectivity index (χ1) is 7.63. The number of hydrogen-bond donors (Lipinski definition) is 0. The molecule has 0 saturated heterocycles. The summed E-state index contributed by atoms with van der Waals surface area (Å²) in [5, 5.41) is 8.87. The maximum absolute atomic E-state index is 11.2. The molecule has 0 aliphatic carbocycles. The van der Waals surface area contributed by atoms with Crippen LogP contribution in [-0.2, 0) is 0 Å². The van der Waals surface area contributed by atoms with E-state index in [0.29, 0.717) is 18.5 Å². The summed E-state index contributed by atoms with van der Waals surface area (Å²) in [4.78, 5) is 22.1. The smallest absolute Gasteiger partial charge is 0.159 e. The summed E-state index contributed by atoms with van der Waals surface area (Å²) in [7, 11) is 0. The van der Waals surface area contributed by atoms with Crippen LogP contribution >= 0.6 is 0 Å². The lowest BCUT2D eigenvalue weighted by Gasteiger charge is -2.08. The molecule has 0 aliphatic rings. The number of rotatable bonds is 4. The molecule has 0 spiro atoms. The summed E-state index contributed by atoms with van der Waals surface area (Å²) in [5.74, 6) is 0.108. The maximum atomic E-state index is 11.2. The molecule has 0 fully saturated rings. The third-order valence-corrected chi connectivity index (χ3v) is 2.09. The van der Waals surface area contributed by atoms with Gasteiger partial charge >= 0.3 is 0 Å². The fourth-order valence-corrected chi connectivity index (χ4v) is 1.32. The molecule has 1 rings (SSSR count). The second kappa shape index (κ2) is 5.08. The highest BCUT2D eigenvalue weighted by molar-refractivity contribution is 5.97. The molecule has 0 unspecified atom stereocenters. The van der Waals surface area contributed by atoms with E-state index < -0.39 is 0 Å². The molecule has 0 bridgehead atoms. The quantitative estimate of drug-likeness (QED) is 0.571. The molecule has 0 amide bonds. The van der Waals surface area contributed by atoms with Crippen LogP contribution in [0.3, 0.4) is 0 Å². The number of ether oxygens (including phenoxy) is 1. The molecule has 0 saturated carbocycles. The van der Waals surface area contributed by atoms with E-state index in [1.54, 1.807) is 6.92 Å². The molecule has 0 atom stereocenters. The fourth-order valence-electron chi connectivity index (χ4n) is 1.32. The predicted molar refractivity (Wildman–Crippen MR) is 57.7 cm³/mol. The first kappa shape index (κ1) is 11.9. The van der Waals surface area contributed by atoms with Crippen LogP contribution in [0.15, 0.2) is 12.1 Å². The van der Waals surface area contributed by atoms with Crippen molar-refractivity contribution in [1.82, 2.24) is 0 Å². The Morgan fingerprint density at radius 1 is 1.56 bits per heavy atom. The van der Waals surface area contributed by atoms with Gasteiger partial charge in [-0.2, -0.15) is 5.26 Å². The van der Waals surface area contributed by atoms with E-state index in [1.165, 1.54) is 19.1 Å². The van der Waals surface area contributed by atoms with E-state index in [0.717, 1.165) is 0 Å². The van der Waals surface area contributed by atoms with Crippen molar-refractivity contribution in [2.45, 2.75) is 13.8 Å². The number of nitriles is 1. The lowest BCUT2D eigenvalue weighted by molar-refractivity contribution is 0.101. The third kappa shape index (κ3) is 2.26. The normalized spacial score (nSPS) is 9.31. The maximum Gasteiger partial charge on any atom is 0.159 e. The van der Waals surface area contributed by atoms with Gasteiger partial charge in [-0.15, -0.1) is 0 Å². The predicted octanol–water partition coefficient (Wildman–Crippen LogP) is 1.97. The van der Waals surface area contributed by atoms with E-state index in [2.05, 4.69) is 0 Å². The van der Waals surface area contributed by atoms with Crippen molar-refractivity contribution in [3.05, 3.63) is 28.8 Å². The first-order valence-corrected chi connectivity index (χ1v) is 4.81. The summed E-state index contributed by atoms with van der Waals surface area (Å²) in [6, 6.07) is 4.76. The lowest BCUT2D eigenvalue weighted by Crippen LogP contribution is -2.02. The summed E-state index contributed by atoms with van der Waals surface area (Å²) in [6.45, 7) is 3.53. The van der Waals surface area contributed by atoms with Crippen molar-refractivity contribution in [3.63, 3.8) is 0 Å². The first-order valence-electron chi connectivity index (χ1n) is 4.81. The van der Waals surface area contributed by atoms with Crippen molar-refractivity contribution in [2.24, 2.45) is 0 Å². The van der Waals surface area contributed by atoms with Gasteiger partial charge in [0.1, 0.15) is 11.8 Å². The van der Waals surface area contributed by atoms with Crippen LogP contribution in [-0.4, -0.2) is 18.7 Å². The molecule has 0 aliphatic heterocycles. The van der Waals surface area contributed by atoms with Gasteiger partial charge in [-0.25, -0.2) is 0 Å². The highest BCUT2D eigenvalue weighted by Crippen LogP contribution is 2.23. The van der Waals surface area contributed by atoms with Crippen LogP contribution in [0.1, 0.15) is 40.1 Å². The van der Waals surface area contributed by atoms with Crippen LogP contribution in [0.25, 0.3) is 0 Å². The number of Topliss-reactive ketones (excluding diaryl/α,β-unsaturated/α-hetero) is 1. The van der Waals surface area contributed by atoms with Gasteiger partial charge in [0.05, 0.1) is 17.7 Å². The number of aldehydes is 1. The van der Waals surface area contributed by atoms with Crippen LogP contribution in [0, 0.1) is 11.3 Å². The fraction of sp³-hybridized carbons (Fsp3) is 0.250. The highest BCUT2D eigenvalue weighted by atomic mass is 16.5. The Morgan fingerprint density at radius 2 is 2.25 bits per heavy atom. The standard InChI is InChI=1S/C12H11NO3/c1-3-16-12-5-9(8(2)15)4-10(6-13)11(12)7-14/h4-5,7H,3H2,1-2H3. The second-order valence-electron chi connectivity index (χ2n) is 3.15. The number of nitrogens with zero attached hydrogens (tertiary/aromatic N) is 1. The van der Waals surface area contributed by atoms with Crippen molar-refractivity contribution in [3.8, 4) is 11.8 Å². The largest absolute Gasteiger partial charge is 0.493 e. The molecule has 1 aromatic rings. The minimum Gasteiger partial charge on any atom is -0.493 e. The Kier molecular flexibility index (Phi) is 3.78. The van der Waals surface area contributed by atoms with Crippen LogP contribution < -0.4 is 4.74 Å². The minimum absolute atomic E-state index is 0.158. The third-order valence-electron chi connectivity index (χ3n) is 2.09. The van der Waals surface area contributed by atoms with E-state index >= 15 is 0 Å². The van der Waals surface area contributed by atoms with Gasteiger partial charge in [0.25, 0.3) is 0 Å². The molecule has 0 N–H and O–H groups in total. The highest BCUT2D eigenvalue weighted by Gasteiger charge is 2.13. The lowest BCUT2D eigenvalue weighted by atomic mass is 10.0. The summed E-state index contributed by atoms with van der Waals surface area (Å²) >= 11 is 0. The van der Waals surface area contributed by atoms with Crippen molar-refractivity contribution in [1.29, 1.82) is 5.26 Å². The summed E-state index contributed by atoms with van der Waals surface area (Å²) in [5.41, 5.74) is 0.714. The van der Waals surface area contributed by atoms with Crippen LogP contribution in [0.5, 0.6) is 5.75 Å². The molecule has 1 aromatic carbocycles. The van der Waals surface area contributed by atoms with Gasteiger partial charge in [0.15, 0.2) is 12.1 Å². The average molecular weight is 217 g/mol. The number of hydrogen-bond acceptors (Lipinski definition) is 4. The monoisotopic (exact) mass is 217 g/mol. The molecule has 16 heavy (non-hydrogen) atoms. The number of carbonyl (C=O) groups excluding carboxylic acids is 2. The van der Waals surface area contributed by atoms with Gasteiger partial charge in [0, 0.05) is 5.56 Å². The minimum atomic E-state index is -0.171. The summed E-state index contributed by atoms with van der Waals surface area (Å²) < 4.78 is 5.23. The van der Waals surface area contributed by atoms with Gasteiger partial charge in [-0.3, -0.25) is 9.59 Å². The van der Waals surface area contributed by atoms with Gasteiger partial charge in [-0.05, 0) is 26.0 Å². The Labute approximate surface area is 93.5 Å². The van der Waals surface area contributed by atoms with Crippen LogP contribution in [0.4, 0.5) is 0 Å². The molecular formula is C12H11NO3. The Hall–Kier alpha value is -2.15. The molecule has 4 nitrogen and oxygen atoms in total. The average Bonchev–Trinajstić information content (AvgIpc) is 2.28. The zero-order valence-corrected chi connectivity index (χ0v) is 9.11. The van der Waals surface area contributed by atoms with Crippen molar-refractivity contribution in [2.75, 3.05) is 6.61 Å². The molecular weight excluding hydrogens is 206 g/mol. The Morgan fingerprint density at radius 3 is 2.69 bits per heavy atom. The molecule has 4 heteroatoms.